The lowest BCUT2D eigenvalue weighted by Gasteiger charge is -2.15. The topological polar surface area (TPSA) is 15.6 Å². The molecule has 1 atom stereocenters. The van der Waals surface area contributed by atoms with Crippen molar-refractivity contribution in [2.75, 3.05) is 13.6 Å². The minimum absolute atomic E-state index is 0.449. The number of likely N-dealkylation sites (N-methyl/N-ethyl adjacent to an activating group) is 1. The molecule has 0 radical (unpaired) electrons. The molecule has 1 aliphatic heterocycles. The Balaban J connectivity index is 2.26. The number of aliphatic imine (C=N–C) groups is 1. The molecule has 0 amide bonds. The molecule has 1 heterocycles. The first-order valence-corrected chi connectivity index (χ1v) is 5.53. The molecule has 0 N–H and O–H groups in total. The molecule has 2 nitrogen and oxygen atoms in total. The van der Waals surface area contributed by atoms with Gasteiger partial charge in [-0.15, -0.1) is 0 Å². The van der Waals surface area contributed by atoms with E-state index in [9.17, 15) is 0 Å². The summed E-state index contributed by atoms with van der Waals surface area (Å²) in [4.78, 5) is 7.03. The molecular weight excluding hydrogens is 184 g/mol. The Bertz CT molecular complexity index is 354. The van der Waals surface area contributed by atoms with E-state index in [2.05, 4.69) is 50.1 Å². The van der Waals surface area contributed by atoms with Crippen LogP contribution in [-0.2, 0) is 0 Å². The fraction of sp³-hybridized carbons (Fsp3) is 0.462. The van der Waals surface area contributed by atoms with E-state index in [1.54, 1.807) is 0 Å². The number of nitrogens with zero attached hydrogens (tertiary/aromatic N) is 2. The summed E-state index contributed by atoms with van der Waals surface area (Å²) in [5.41, 5.74) is 1.23. The van der Waals surface area contributed by atoms with E-state index >= 15 is 0 Å². The van der Waals surface area contributed by atoms with Gasteiger partial charge in [-0.3, -0.25) is 4.99 Å². The molecule has 0 bridgehead atoms. The summed E-state index contributed by atoms with van der Waals surface area (Å²) >= 11 is 0. The van der Waals surface area contributed by atoms with Gasteiger partial charge in [0.2, 0.25) is 0 Å². The van der Waals surface area contributed by atoms with E-state index in [0.717, 1.165) is 12.4 Å². The monoisotopic (exact) mass is 202 g/mol. The zero-order valence-corrected chi connectivity index (χ0v) is 9.64. The molecule has 1 aromatic rings. The molecule has 0 aromatic heterocycles. The second kappa shape index (κ2) is 4.05. The molecule has 80 valence electrons. The summed E-state index contributed by atoms with van der Waals surface area (Å²) in [6.45, 7) is 5.51. The molecule has 2 rings (SSSR count). The number of hydrogen-bond acceptors (Lipinski definition) is 2. The maximum absolute atomic E-state index is 4.78. The molecule has 1 aliphatic rings. The summed E-state index contributed by atoms with van der Waals surface area (Å²) in [5.74, 6) is 1.75. The fourth-order valence-electron chi connectivity index (χ4n) is 1.91. The van der Waals surface area contributed by atoms with Gasteiger partial charge < -0.3 is 4.90 Å². The molecule has 0 aliphatic carbocycles. The van der Waals surface area contributed by atoms with Crippen molar-refractivity contribution in [1.82, 2.24) is 4.90 Å². The predicted octanol–water partition coefficient (Wildman–Crippen LogP) is 2.40. The Morgan fingerprint density at radius 1 is 1.27 bits per heavy atom. The van der Waals surface area contributed by atoms with Crippen LogP contribution in [0.2, 0.25) is 0 Å². The SMILES string of the molecule is CC(C)[C@H]1CN(C)C(c2ccccc2)=N1. The van der Waals surface area contributed by atoms with Crippen molar-refractivity contribution < 1.29 is 0 Å². The first-order valence-electron chi connectivity index (χ1n) is 5.53. The second-order valence-corrected chi connectivity index (χ2v) is 4.51. The van der Waals surface area contributed by atoms with Crippen LogP contribution < -0.4 is 0 Å². The smallest absolute Gasteiger partial charge is 0.131 e. The molecule has 2 heteroatoms. The van der Waals surface area contributed by atoms with Crippen LogP contribution in [0.3, 0.4) is 0 Å². The summed E-state index contributed by atoms with van der Waals surface area (Å²) in [6.07, 6.45) is 0. The van der Waals surface area contributed by atoms with Gasteiger partial charge in [0, 0.05) is 19.2 Å². The highest BCUT2D eigenvalue weighted by molar-refractivity contribution is 5.99. The summed E-state index contributed by atoms with van der Waals surface area (Å²) in [7, 11) is 2.12. The van der Waals surface area contributed by atoms with E-state index < -0.39 is 0 Å². The Hall–Kier alpha value is -1.31. The highest BCUT2D eigenvalue weighted by atomic mass is 15.2. The summed E-state index contributed by atoms with van der Waals surface area (Å²) < 4.78 is 0. The normalized spacial score (nSPS) is 20.9. The van der Waals surface area contributed by atoms with Gasteiger partial charge in [-0.25, -0.2) is 0 Å². The zero-order valence-electron chi connectivity index (χ0n) is 9.64. The van der Waals surface area contributed by atoms with Gasteiger partial charge in [0.1, 0.15) is 5.84 Å². The number of benzene rings is 1. The number of rotatable bonds is 2. The lowest BCUT2D eigenvalue weighted by atomic mass is 10.1. The van der Waals surface area contributed by atoms with Crippen molar-refractivity contribution in [3.63, 3.8) is 0 Å². The van der Waals surface area contributed by atoms with Crippen molar-refractivity contribution >= 4 is 5.84 Å². The Labute approximate surface area is 91.6 Å². The van der Waals surface area contributed by atoms with Gasteiger partial charge >= 0.3 is 0 Å². The Kier molecular flexibility index (Phi) is 2.76. The summed E-state index contributed by atoms with van der Waals surface area (Å²) in [6, 6.07) is 10.9. The fourth-order valence-corrected chi connectivity index (χ4v) is 1.91. The minimum atomic E-state index is 0.449. The van der Waals surface area contributed by atoms with E-state index in [0.29, 0.717) is 12.0 Å². The van der Waals surface area contributed by atoms with Crippen molar-refractivity contribution in [2.24, 2.45) is 10.9 Å². The third-order valence-corrected chi connectivity index (χ3v) is 2.91. The minimum Gasteiger partial charge on any atom is -0.357 e. The molecule has 0 saturated carbocycles. The first kappa shape index (κ1) is 10.2. The molecular formula is C13H18N2. The van der Waals surface area contributed by atoms with Crippen molar-refractivity contribution in [3.05, 3.63) is 35.9 Å². The molecule has 1 aromatic carbocycles. The van der Waals surface area contributed by atoms with Crippen LogP contribution in [0.5, 0.6) is 0 Å². The predicted molar refractivity (Wildman–Crippen MR) is 64.2 cm³/mol. The van der Waals surface area contributed by atoms with Crippen LogP contribution in [-0.4, -0.2) is 30.4 Å². The van der Waals surface area contributed by atoms with Gasteiger partial charge in [-0.1, -0.05) is 44.2 Å². The van der Waals surface area contributed by atoms with Gasteiger partial charge in [-0.2, -0.15) is 0 Å². The average molecular weight is 202 g/mol. The lowest BCUT2D eigenvalue weighted by molar-refractivity contribution is 0.427. The van der Waals surface area contributed by atoms with Gasteiger partial charge in [0.25, 0.3) is 0 Å². The average Bonchev–Trinajstić information content (AvgIpc) is 2.62. The van der Waals surface area contributed by atoms with Crippen molar-refractivity contribution in [3.8, 4) is 0 Å². The van der Waals surface area contributed by atoms with Crippen molar-refractivity contribution in [2.45, 2.75) is 19.9 Å². The Morgan fingerprint density at radius 3 is 2.47 bits per heavy atom. The van der Waals surface area contributed by atoms with Gasteiger partial charge in [0.05, 0.1) is 6.04 Å². The molecule has 0 fully saturated rings. The maximum atomic E-state index is 4.78. The third-order valence-electron chi connectivity index (χ3n) is 2.91. The second-order valence-electron chi connectivity index (χ2n) is 4.51. The van der Waals surface area contributed by atoms with Crippen LogP contribution in [0.1, 0.15) is 19.4 Å². The van der Waals surface area contributed by atoms with E-state index in [1.165, 1.54) is 5.56 Å². The highest BCUT2D eigenvalue weighted by Gasteiger charge is 2.24. The maximum Gasteiger partial charge on any atom is 0.131 e. The van der Waals surface area contributed by atoms with Crippen LogP contribution in [0.4, 0.5) is 0 Å². The molecule has 0 saturated heterocycles. The van der Waals surface area contributed by atoms with Crippen molar-refractivity contribution in [1.29, 1.82) is 0 Å². The quantitative estimate of drug-likeness (QED) is 0.719. The lowest BCUT2D eigenvalue weighted by Crippen LogP contribution is -2.26. The van der Waals surface area contributed by atoms with E-state index in [4.69, 9.17) is 4.99 Å². The van der Waals surface area contributed by atoms with Gasteiger partial charge in [-0.05, 0) is 5.92 Å². The van der Waals surface area contributed by atoms with Crippen LogP contribution in [0.25, 0.3) is 0 Å². The van der Waals surface area contributed by atoms with Crippen LogP contribution in [0, 0.1) is 5.92 Å². The highest BCUT2D eigenvalue weighted by Crippen LogP contribution is 2.18. The van der Waals surface area contributed by atoms with Crippen LogP contribution >= 0.6 is 0 Å². The zero-order chi connectivity index (χ0) is 10.8. The van der Waals surface area contributed by atoms with E-state index in [1.807, 2.05) is 6.07 Å². The summed E-state index contributed by atoms with van der Waals surface area (Å²) in [5, 5.41) is 0. The standard InChI is InChI=1S/C13H18N2/c1-10(2)12-9-15(3)13(14-12)11-7-5-4-6-8-11/h4-8,10,12H,9H2,1-3H3/t12-/m1/s1. The Morgan fingerprint density at radius 2 is 1.93 bits per heavy atom. The largest absolute Gasteiger partial charge is 0.357 e. The van der Waals surface area contributed by atoms with Crippen LogP contribution in [0.15, 0.2) is 35.3 Å². The number of hydrogen-bond donors (Lipinski definition) is 0. The molecule has 15 heavy (non-hydrogen) atoms. The van der Waals surface area contributed by atoms with Gasteiger partial charge in [0.15, 0.2) is 0 Å². The first-order chi connectivity index (χ1) is 7.18. The molecule has 0 unspecified atom stereocenters. The number of amidine groups is 1. The van der Waals surface area contributed by atoms with E-state index in [-0.39, 0.29) is 0 Å². The third kappa shape index (κ3) is 2.04. The molecule has 0 spiro atoms.